The molecule has 0 amide bonds. The third-order valence-electron chi connectivity index (χ3n) is 2.46. The van der Waals surface area contributed by atoms with Gasteiger partial charge in [0.25, 0.3) is 5.56 Å². The van der Waals surface area contributed by atoms with Gasteiger partial charge in [-0.15, -0.1) is 0 Å². The first kappa shape index (κ1) is 12.9. The first-order valence-corrected chi connectivity index (χ1v) is 5.65. The van der Waals surface area contributed by atoms with E-state index in [1.165, 1.54) is 22.9 Å². The normalized spacial score (nSPS) is 10.4. The minimum Gasteiger partial charge on any atom is -0.458 e. The van der Waals surface area contributed by atoms with Gasteiger partial charge in [0.1, 0.15) is 13.2 Å². The summed E-state index contributed by atoms with van der Waals surface area (Å²) >= 11 is 0. The molecule has 0 atom stereocenters. The van der Waals surface area contributed by atoms with Crippen LogP contribution >= 0.6 is 0 Å². The SMILES string of the molecule is Cn1ccc(COC(=O)Cn2cc(N)ccc2=O)n1. The summed E-state index contributed by atoms with van der Waals surface area (Å²) in [4.78, 5) is 23.1. The van der Waals surface area contributed by atoms with Crippen LogP contribution in [0.2, 0.25) is 0 Å². The number of nitrogens with zero attached hydrogens (tertiary/aromatic N) is 3. The van der Waals surface area contributed by atoms with Crippen LogP contribution in [0.25, 0.3) is 0 Å². The van der Waals surface area contributed by atoms with Crippen molar-refractivity contribution in [3.05, 3.63) is 46.6 Å². The van der Waals surface area contributed by atoms with E-state index < -0.39 is 5.97 Å². The Morgan fingerprint density at radius 1 is 1.42 bits per heavy atom. The van der Waals surface area contributed by atoms with Crippen molar-refractivity contribution >= 4 is 11.7 Å². The first-order valence-electron chi connectivity index (χ1n) is 5.65. The third kappa shape index (κ3) is 3.44. The lowest BCUT2D eigenvalue weighted by Gasteiger charge is -2.06. The van der Waals surface area contributed by atoms with E-state index in [4.69, 9.17) is 10.5 Å². The second kappa shape index (κ2) is 5.38. The van der Waals surface area contributed by atoms with Gasteiger partial charge in [0.2, 0.25) is 0 Å². The number of carbonyl (C=O) groups excluding carboxylic acids is 1. The van der Waals surface area contributed by atoms with Gasteiger partial charge in [0, 0.05) is 31.2 Å². The number of esters is 1. The lowest BCUT2D eigenvalue weighted by Crippen LogP contribution is -2.24. The summed E-state index contributed by atoms with van der Waals surface area (Å²) in [5.74, 6) is -0.515. The van der Waals surface area contributed by atoms with Crippen molar-refractivity contribution in [3.63, 3.8) is 0 Å². The molecule has 0 aliphatic carbocycles. The van der Waals surface area contributed by atoms with Crippen molar-refractivity contribution in [2.75, 3.05) is 5.73 Å². The number of rotatable bonds is 4. The molecule has 0 unspecified atom stereocenters. The minimum absolute atomic E-state index is 0.0801. The van der Waals surface area contributed by atoms with E-state index >= 15 is 0 Å². The molecule has 0 aromatic carbocycles. The second-order valence-electron chi connectivity index (χ2n) is 4.07. The molecular weight excluding hydrogens is 248 g/mol. The molecule has 2 N–H and O–H groups in total. The van der Waals surface area contributed by atoms with Crippen LogP contribution in [0.4, 0.5) is 5.69 Å². The van der Waals surface area contributed by atoms with Gasteiger partial charge in [-0.3, -0.25) is 14.3 Å². The van der Waals surface area contributed by atoms with Gasteiger partial charge >= 0.3 is 5.97 Å². The van der Waals surface area contributed by atoms with Crippen molar-refractivity contribution in [3.8, 4) is 0 Å². The maximum atomic E-state index is 11.6. The zero-order valence-electron chi connectivity index (χ0n) is 10.4. The fourth-order valence-corrected chi connectivity index (χ4v) is 1.55. The average molecular weight is 262 g/mol. The second-order valence-corrected chi connectivity index (χ2v) is 4.07. The molecule has 100 valence electrons. The van der Waals surface area contributed by atoms with Crippen LogP contribution in [0.15, 0.2) is 35.4 Å². The number of nitrogen functional groups attached to an aromatic ring is 1. The first-order chi connectivity index (χ1) is 9.04. The predicted octanol–water partition coefficient (Wildman–Crippen LogP) is -0.0926. The van der Waals surface area contributed by atoms with Crippen LogP contribution in [0, 0.1) is 0 Å². The molecule has 0 saturated heterocycles. The predicted molar refractivity (Wildman–Crippen MR) is 68.1 cm³/mol. The van der Waals surface area contributed by atoms with Crippen molar-refractivity contribution in [1.29, 1.82) is 0 Å². The number of hydrogen-bond acceptors (Lipinski definition) is 5. The highest BCUT2D eigenvalue weighted by molar-refractivity contribution is 5.69. The number of ether oxygens (including phenoxy) is 1. The van der Waals surface area contributed by atoms with Crippen LogP contribution in [-0.2, 0) is 29.7 Å². The molecule has 0 saturated carbocycles. The summed E-state index contributed by atoms with van der Waals surface area (Å²) in [6.45, 7) is -0.0898. The van der Waals surface area contributed by atoms with Gasteiger partial charge in [-0.05, 0) is 12.1 Å². The third-order valence-corrected chi connectivity index (χ3v) is 2.46. The van der Waals surface area contributed by atoms with Crippen LogP contribution in [0.5, 0.6) is 0 Å². The molecule has 19 heavy (non-hydrogen) atoms. The number of aryl methyl sites for hydroxylation is 1. The Kier molecular flexibility index (Phi) is 3.65. The monoisotopic (exact) mass is 262 g/mol. The topological polar surface area (TPSA) is 92.1 Å². The van der Waals surface area contributed by atoms with Crippen molar-refractivity contribution < 1.29 is 9.53 Å². The summed E-state index contributed by atoms with van der Waals surface area (Å²) in [6.07, 6.45) is 3.16. The highest BCUT2D eigenvalue weighted by Gasteiger charge is 2.07. The van der Waals surface area contributed by atoms with Gasteiger partial charge < -0.3 is 15.0 Å². The summed E-state index contributed by atoms with van der Waals surface area (Å²) < 4.78 is 7.85. The number of aromatic nitrogens is 3. The molecule has 7 heteroatoms. The Labute approximate surface area is 109 Å². The molecule has 0 aliphatic heterocycles. The van der Waals surface area contributed by atoms with E-state index in [0.717, 1.165) is 0 Å². The van der Waals surface area contributed by atoms with E-state index in [0.29, 0.717) is 11.4 Å². The Hall–Kier alpha value is -2.57. The molecule has 2 heterocycles. The summed E-state index contributed by atoms with van der Waals surface area (Å²) in [5.41, 5.74) is 6.31. The molecule has 2 aromatic heterocycles. The number of pyridine rings is 1. The molecular formula is C12H14N4O3. The molecule has 0 fully saturated rings. The molecule has 7 nitrogen and oxygen atoms in total. The average Bonchev–Trinajstić information content (AvgIpc) is 2.77. The maximum absolute atomic E-state index is 11.6. The fourth-order valence-electron chi connectivity index (χ4n) is 1.55. The van der Waals surface area contributed by atoms with Crippen molar-refractivity contribution in [2.45, 2.75) is 13.2 Å². The zero-order valence-corrected chi connectivity index (χ0v) is 10.4. The molecule has 2 aromatic rings. The zero-order chi connectivity index (χ0) is 13.8. The molecule has 0 bridgehead atoms. The minimum atomic E-state index is -0.515. The molecule has 0 spiro atoms. The summed E-state index contributed by atoms with van der Waals surface area (Å²) in [5, 5.41) is 4.07. The van der Waals surface area contributed by atoms with E-state index in [1.807, 2.05) is 0 Å². The lowest BCUT2D eigenvalue weighted by molar-refractivity contribution is -0.145. The Morgan fingerprint density at radius 2 is 2.21 bits per heavy atom. The van der Waals surface area contributed by atoms with Gasteiger partial charge in [0.05, 0.1) is 5.69 Å². The van der Waals surface area contributed by atoms with Crippen LogP contribution in [0.1, 0.15) is 5.69 Å². The molecule has 0 radical (unpaired) electrons. The Bertz CT molecular complexity index is 644. The van der Waals surface area contributed by atoms with E-state index in [2.05, 4.69) is 5.10 Å². The van der Waals surface area contributed by atoms with Crippen LogP contribution in [0.3, 0.4) is 0 Å². The summed E-state index contributed by atoms with van der Waals surface area (Å²) in [7, 11) is 1.78. The Balaban J connectivity index is 1.94. The van der Waals surface area contributed by atoms with Gasteiger partial charge in [0.15, 0.2) is 0 Å². The lowest BCUT2D eigenvalue weighted by atomic mass is 10.4. The van der Waals surface area contributed by atoms with E-state index in [1.54, 1.807) is 24.0 Å². The molecule has 2 rings (SSSR count). The van der Waals surface area contributed by atoms with E-state index in [-0.39, 0.29) is 18.7 Å². The smallest absolute Gasteiger partial charge is 0.326 e. The number of anilines is 1. The highest BCUT2D eigenvalue weighted by atomic mass is 16.5. The van der Waals surface area contributed by atoms with Crippen LogP contribution < -0.4 is 11.3 Å². The highest BCUT2D eigenvalue weighted by Crippen LogP contribution is 1.99. The number of carbonyl (C=O) groups is 1. The van der Waals surface area contributed by atoms with Crippen molar-refractivity contribution in [2.24, 2.45) is 7.05 Å². The van der Waals surface area contributed by atoms with Crippen molar-refractivity contribution in [1.82, 2.24) is 14.3 Å². The fraction of sp³-hybridized carbons (Fsp3) is 0.250. The molecule has 0 aliphatic rings. The van der Waals surface area contributed by atoms with Crippen LogP contribution in [-0.4, -0.2) is 20.3 Å². The standard InChI is InChI=1S/C12H14N4O3/c1-15-5-4-10(14-15)8-19-12(18)7-16-6-9(13)2-3-11(16)17/h2-6H,7-8,13H2,1H3. The van der Waals surface area contributed by atoms with Gasteiger partial charge in [-0.25, -0.2) is 0 Å². The van der Waals surface area contributed by atoms with E-state index in [9.17, 15) is 9.59 Å². The largest absolute Gasteiger partial charge is 0.458 e. The van der Waals surface area contributed by atoms with Gasteiger partial charge in [-0.2, -0.15) is 5.10 Å². The quantitative estimate of drug-likeness (QED) is 0.777. The maximum Gasteiger partial charge on any atom is 0.326 e. The Morgan fingerprint density at radius 3 is 2.89 bits per heavy atom. The number of nitrogens with two attached hydrogens (primary N) is 1. The number of hydrogen-bond donors (Lipinski definition) is 1. The summed E-state index contributed by atoms with van der Waals surface area (Å²) in [6, 6.07) is 4.54. The van der Waals surface area contributed by atoms with Gasteiger partial charge in [-0.1, -0.05) is 0 Å².